The van der Waals surface area contributed by atoms with Crippen molar-refractivity contribution in [3.05, 3.63) is 0 Å². The fraction of sp³-hybridized carbons (Fsp3) is 1.00. The summed E-state index contributed by atoms with van der Waals surface area (Å²) in [6, 6.07) is 0.657. The van der Waals surface area contributed by atoms with E-state index >= 15 is 0 Å². The SMILES string of the molecule is CC(C)NCC1CC2CC2CC1C. The predicted molar refractivity (Wildman–Crippen MR) is 56.6 cm³/mol. The van der Waals surface area contributed by atoms with Crippen LogP contribution in [0.15, 0.2) is 0 Å². The van der Waals surface area contributed by atoms with Crippen LogP contribution in [0.3, 0.4) is 0 Å². The van der Waals surface area contributed by atoms with Gasteiger partial charge < -0.3 is 5.32 Å². The first kappa shape index (κ1) is 9.51. The van der Waals surface area contributed by atoms with Crippen molar-refractivity contribution in [2.75, 3.05) is 6.54 Å². The van der Waals surface area contributed by atoms with Crippen LogP contribution < -0.4 is 5.32 Å². The molecule has 0 spiro atoms. The summed E-state index contributed by atoms with van der Waals surface area (Å²) in [5.74, 6) is 4.18. The highest BCUT2D eigenvalue weighted by Crippen LogP contribution is 2.53. The quantitative estimate of drug-likeness (QED) is 0.706. The summed E-state index contributed by atoms with van der Waals surface area (Å²) in [6.45, 7) is 8.18. The highest BCUT2D eigenvalue weighted by molar-refractivity contribution is 4.95. The van der Waals surface area contributed by atoms with Crippen LogP contribution in [0, 0.1) is 23.7 Å². The lowest BCUT2D eigenvalue weighted by atomic mass is 9.80. The van der Waals surface area contributed by atoms with Gasteiger partial charge >= 0.3 is 0 Å². The van der Waals surface area contributed by atoms with Crippen LogP contribution >= 0.6 is 0 Å². The summed E-state index contributed by atoms with van der Waals surface area (Å²) >= 11 is 0. The van der Waals surface area contributed by atoms with Crippen molar-refractivity contribution in [3.8, 4) is 0 Å². The predicted octanol–water partition coefficient (Wildman–Crippen LogP) is 2.67. The van der Waals surface area contributed by atoms with Crippen LogP contribution in [0.2, 0.25) is 0 Å². The monoisotopic (exact) mass is 181 g/mol. The first-order chi connectivity index (χ1) is 6.16. The maximum absolute atomic E-state index is 3.58. The van der Waals surface area contributed by atoms with Crippen LogP contribution in [0.4, 0.5) is 0 Å². The van der Waals surface area contributed by atoms with Gasteiger partial charge in [-0.1, -0.05) is 20.8 Å². The van der Waals surface area contributed by atoms with Gasteiger partial charge in [0.1, 0.15) is 0 Å². The third kappa shape index (κ3) is 2.25. The molecule has 0 aromatic rings. The highest BCUT2D eigenvalue weighted by Gasteiger charge is 2.44. The third-order valence-electron chi connectivity index (χ3n) is 3.94. The Morgan fingerprint density at radius 2 is 1.85 bits per heavy atom. The van der Waals surface area contributed by atoms with E-state index in [1.165, 1.54) is 19.4 Å². The van der Waals surface area contributed by atoms with E-state index < -0.39 is 0 Å². The molecular weight excluding hydrogens is 158 g/mol. The maximum Gasteiger partial charge on any atom is 0.00104 e. The lowest BCUT2D eigenvalue weighted by Crippen LogP contribution is -2.33. The second-order valence-electron chi connectivity index (χ2n) is 5.53. The molecule has 0 bridgehead atoms. The fourth-order valence-corrected chi connectivity index (χ4v) is 2.85. The van der Waals surface area contributed by atoms with Crippen molar-refractivity contribution in [1.82, 2.24) is 5.32 Å². The average molecular weight is 181 g/mol. The van der Waals surface area contributed by atoms with Gasteiger partial charge in [0.15, 0.2) is 0 Å². The lowest BCUT2D eigenvalue weighted by molar-refractivity contribution is 0.233. The molecule has 0 saturated heterocycles. The van der Waals surface area contributed by atoms with E-state index in [4.69, 9.17) is 0 Å². The Labute approximate surface area is 82.3 Å². The first-order valence-electron chi connectivity index (χ1n) is 5.90. The fourth-order valence-electron chi connectivity index (χ4n) is 2.85. The van der Waals surface area contributed by atoms with Crippen molar-refractivity contribution < 1.29 is 0 Å². The van der Waals surface area contributed by atoms with Gasteiger partial charge in [-0.3, -0.25) is 0 Å². The molecule has 0 heterocycles. The van der Waals surface area contributed by atoms with Gasteiger partial charge in [0.05, 0.1) is 0 Å². The normalized spacial score (nSPS) is 43.4. The zero-order valence-electron chi connectivity index (χ0n) is 9.22. The second kappa shape index (κ2) is 3.61. The average Bonchev–Trinajstić information content (AvgIpc) is 2.77. The number of rotatable bonds is 3. The maximum atomic E-state index is 3.58. The first-order valence-corrected chi connectivity index (χ1v) is 5.90. The van der Waals surface area contributed by atoms with E-state index in [0.717, 1.165) is 23.7 Å². The van der Waals surface area contributed by atoms with Crippen molar-refractivity contribution in [2.24, 2.45) is 23.7 Å². The molecule has 1 nitrogen and oxygen atoms in total. The van der Waals surface area contributed by atoms with Gasteiger partial charge in [0.2, 0.25) is 0 Å². The third-order valence-corrected chi connectivity index (χ3v) is 3.94. The van der Waals surface area contributed by atoms with E-state index in [1.807, 2.05) is 0 Å². The Morgan fingerprint density at radius 3 is 2.54 bits per heavy atom. The minimum absolute atomic E-state index is 0.657. The van der Waals surface area contributed by atoms with Crippen molar-refractivity contribution in [1.29, 1.82) is 0 Å². The molecule has 2 saturated carbocycles. The smallest absolute Gasteiger partial charge is 0.00104 e. The van der Waals surface area contributed by atoms with Gasteiger partial charge in [-0.25, -0.2) is 0 Å². The minimum atomic E-state index is 0.657. The number of nitrogens with one attached hydrogen (secondary N) is 1. The Hall–Kier alpha value is -0.0400. The number of hydrogen-bond donors (Lipinski definition) is 1. The van der Waals surface area contributed by atoms with Gasteiger partial charge in [-0.2, -0.15) is 0 Å². The van der Waals surface area contributed by atoms with Gasteiger partial charge in [-0.05, 0) is 49.5 Å². The second-order valence-corrected chi connectivity index (χ2v) is 5.53. The molecule has 1 N–H and O–H groups in total. The van der Waals surface area contributed by atoms with E-state index in [2.05, 4.69) is 26.1 Å². The summed E-state index contributed by atoms with van der Waals surface area (Å²) in [5, 5.41) is 3.58. The molecule has 0 aromatic carbocycles. The topological polar surface area (TPSA) is 12.0 Å². The largest absolute Gasteiger partial charge is 0.314 e. The molecule has 0 aliphatic heterocycles. The van der Waals surface area contributed by atoms with Gasteiger partial charge in [-0.15, -0.1) is 0 Å². The van der Waals surface area contributed by atoms with Gasteiger partial charge in [0, 0.05) is 6.04 Å². The molecule has 2 aliphatic rings. The summed E-state index contributed by atoms with van der Waals surface area (Å²) < 4.78 is 0. The van der Waals surface area contributed by atoms with Crippen molar-refractivity contribution >= 4 is 0 Å². The molecule has 0 radical (unpaired) electrons. The minimum Gasteiger partial charge on any atom is -0.314 e. The molecule has 1 heteroatoms. The summed E-state index contributed by atoms with van der Waals surface area (Å²) in [7, 11) is 0. The Morgan fingerprint density at radius 1 is 1.15 bits per heavy atom. The summed E-state index contributed by atoms with van der Waals surface area (Å²) in [5.41, 5.74) is 0. The molecule has 0 amide bonds. The molecule has 4 atom stereocenters. The molecule has 4 unspecified atom stereocenters. The summed E-state index contributed by atoms with van der Waals surface area (Å²) in [4.78, 5) is 0. The standard InChI is InChI=1S/C12H23N/c1-8(2)13-7-12-6-11-5-10(11)4-9(12)3/h8-13H,4-7H2,1-3H3. The van der Waals surface area contributed by atoms with Gasteiger partial charge in [0.25, 0.3) is 0 Å². The highest BCUT2D eigenvalue weighted by atomic mass is 14.9. The number of hydrogen-bond acceptors (Lipinski definition) is 1. The molecule has 13 heavy (non-hydrogen) atoms. The number of fused-ring (bicyclic) bond motifs is 1. The molecule has 76 valence electrons. The van der Waals surface area contributed by atoms with Crippen molar-refractivity contribution in [2.45, 2.75) is 46.1 Å². The van der Waals surface area contributed by atoms with E-state index in [0.29, 0.717) is 6.04 Å². The van der Waals surface area contributed by atoms with E-state index in [-0.39, 0.29) is 0 Å². The van der Waals surface area contributed by atoms with Crippen LogP contribution in [0.5, 0.6) is 0 Å². The molecular formula is C12H23N. The van der Waals surface area contributed by atoms with Crippen LogP contribution in [0.1, 0.15) is 40.0 Å². The van der Waals surface area contributed by atoms with Crippen molar-refractivity contribution in [3.63, 3.8) is 0 Å². The molecule has 2 aliphatic carbocycles. The molecule has 0 aromatic heterocycles. The summed E-state index contributed by atoms with van der Waals surface area (Å²) in [6.07, 6.45) is 4.56. The van der Waals surface area contributed by atoms with E-state index in [9.17, 15) is 0 Å². The van der Waals surface area contributed by atoms with Crippen LogP contribution in [-0.4, -0.2) is 12.6 Å². The lowest BCUT2D eigenvalue weighted by Gasteiger charge is -2.29. The Bertz CT molecular complexity index is 176. The van der Waals surface area contributed by atoms with Crippen LogP contribution in [0.25, 0.3) is 0 Å². The molecule has 2 rings (SSSR count). The zero-order chi connectivity index (χ0) is 9.42. The van der Waals surface area contributed by atoms with E-state index in [1.54, 1.807) is 6.42 Å². The van der Waals surface area contributed by atoms with Crippen LogP contribution in [-0.2, 0) is 0 Å². The molecule has 2 fully saturated rings. The Kier molecular flexibility index (Phi) is 2.64. The Balaban J connectivity index is 1.77. The zero-order valence-corrected chi connectivity index (χ0v) is 9.22.